The molecule has 3 heterocycles. The van der Waals surface area contributed by atoms with Crippen LogP contribution in [0.5, 0.6) is 11.5 Å². The van der Waals surface area contributed by atoms with Crippen molar-refractivity contribution in [1.29, 1.82) is 0 Å². The zero-order valence-electron chi connectivity index (χ0n) is 35.5. The molecule has 322 valence electrons. The summed E-state index contributed by atoms with van der Waals surface area (Å²) in [6, 6.07) is 25.6. The third-order valence-electron chi connectivity index (χ3n) is 11.9. The first-order chi connectivity index (χ1) is 29.7. The van der Waals surface area contributed by atoms with Crippen molar-refractivity contribution in [1.82, 2.24) is 9.55 Å². The van der Waals surface area contributed by atoms with Gasteiger partial charge in [-0.3, -0.25) is 4.79 Å². The Hall–Kier alpha value is -5.67. The lowest BCUT2D eigenvalue weighted by atomic mass is 9.81. The van der Waals surface area contributed by atoms with E-state index in [4.69, 9.17) is 38.1 Å². The highest BCUT2D eigenvalue weighted by molar-refractivity contribution is 5.81. The molecular formula is C46H55N7O8. The molecule has 0 bridgehead atoms. The van der Waals surface area contributed by atoms with Crippen LogP contribution in [0.3, 0.4) is 0 Å². The summed E-state index contributed by atoms with van der Waals surface area (Å²) >= 11 is 0. The fourth-order valence-electron chi connectivity index (χ4n) is 8.15. The van der Waals surface area contributed by atoms with E-state index in [1.54, 1.807) is 20.5 Å². The number of nitrogens with one attached hydrogen (secondary N) is 2. The molecule has 1 amide bonds. The van der Waals surface area contributed by atoms with Gasteiger partial charge in [0.25, 0.3) is 0 Å². The molecule has 4 aromatic carbocycles. The minimum absolute atomic E-state index is 0.0134. The fourth-order valence-corrected chi connectivity index (χ4v) is 8.15. The van der Waals surface area contributed by atoms with Crippen molar-refractivity contribution in [3.8, 4) is 11.5 Å². The van der Waals surface area contributed by atoms with Gasteiger partial charge in [0.1, 0.15) is 11.5 Å². The molecular weight excluding hydrogens is 779 g/mol. The van der Waals surface area contributed by atoms with E-state index >= 15 is 0 Å². The van der Waals surface area contributed by atoms with Gasteiger partial charge in [0, 0.05) is 4.91 Å². The van der Waals surface area contributed by atoms with Crippen LogP contribution < -0.4 is 20.1 Å². The van der Waals surface area contributed by atoms with E-state index in [9.17, 15) is 10.3 Å². The lowest BCUT2D eigenvalue weighted by molar-refractivity contribution is -0.273. The van der Waals surface area contributed by atoms with E-state index in [1.165, 1.54) is 0 Å². The van der Waals surface area contributed by atoms with Crippen molar-refractivity contribution in [2.24, 2.45) is 17.0 Å². The van der Waals surface area contributed by atoms with Gasteiger partial charge in [-0.05, 0) is 102 Å². The van der Waals surface area contributed by atoms with Crippen molar-refractivity contribution in [3.63, 3.8) is 0 Å². The van der Waals surface area contributed by atoms with E-state index in [0.29, 0.717) is 37.6 Å². The van der Waals surface area contributed by atoms with Crippen molar-refractivity contribution in [2.75, 3.05) is 44.7 Å². The van der Waals surface area contributed by atoms with Gasteiger partial charge in [-0.25, -0.2) is 4.98 Å². The van der Waals surface area contributed by atoms with Gasteiger partial charge >= 0.3 is 0 Å². The molecule has 0 aliphatic carbocycles. The van der Waals surface area contributed by atoms with E-state index < -0.39 is 36.6 Å². The number of ether oxygens (including phenoxy) is 7. The number of carbonyl (C=O) groups excluding carboxylic acids is 1. The average Bonchev–Trinajstić information content (AvgIpc) is 3.69. The van der Waals surface area contributed by atoms with E-state index in [1.807, 2.05) is 103 Å². The molecule has 9 atom stereocenters. The molecule has 2 saturated heterocycles. The molecule has 5 aromatic rings. The quantitative estimate of drug-likeness (QED) is 0.0380. The SMILES string of the molecule is COc1ccc(COCC2O[C@@H](O[C@@H]3C(n4cnc5cc(C)ccc54)COC(COCc4ccc(OC)cc4)[C@@H]3N=[N+]=[N-])C(Nc3ccc(C)cc3NC=O)[C@@H](C)[C@@H]2C)cc1. The zero-order valence-corrected chi connectivity index (χ0v) is 35.5. The summed E-state index contributed by atoms with van der Waals surface area (Å²) in [6.07, 6.45) is -0.213. The molecule has 7 rings (SSSR count). The second-order valence-electron chi connectivity index (χ2n) is 15.8. The van der Waals surface area contributed by atoms with Crippen molar-refractivity contribution < 1.29 is 38.0 Å². The highest BCUT2D eigenvalue weighted by Gasteiger charge is 2.48. The number of aromatic nitrogens is 2. The highest BCUT2D eigenvalue weighted by Crippen LogP contribution is 2.40. The number of fused-ring (bicyclic) bond motifs is 1. The molecule has 2 aliphatic rings. The highest BCUT2D eigenvalue weighted by atomic mass is 16.7. The van der Waals surface area contributed by atoms with E-state index in [0.717, 1.165) is 44.8 Å². The third-order valence-corrected chi connectivity index (χ3v) is 11.9. The zero-order chi connectivity index (χ0) is 42.9. The van der Waals surface area contributed by atoms with Gasteiger partial charge in [0.05, 0.1) is 112 Å². The van der Waals surface area contributed by atoms with E-state index in [2.05, 4.69) is 34.5 Å². The van der Waals surface area contributed by atoms with Crippen molar-refractivity contribution in [2.45, 2.75) is 83.6 Å². The Bertz CT molecular complexity index is 2260. The van der Waals surface area contributed by atoms with Crippen LogP contribution in [0.25, 0.3) is 21.5 Å². The van der Waals surface area contributed by atoms with Crippen LogP contribution in [-0.4, -0.2) is 86.7 Å². The van der Waals surface area contributed by atoms with Crippen LogP contribution in [0.2, 0.25) is 0 Å². The monoisotopic (exact) mass is 833 g/mol. The molecule has 0 radical (unpaired) electrons. The van der Waals surface area contributed by atoms with Gasteiger partial charge in [-0.2, -0.15) is 0 Å². The third kappa shape index (κ3) is 10.3. The molecule has 2 aliphatic heterocycles. The van der Waals surface area contributed by atoms with Gasteiger partial charge in [-0.15, -0.1) is 0 Å². The second kappa shape index (κ2) is 20.3. The van der Waals surface area contributed by atoms with Gasteiger partial charge in [0.15, 0.2) is 6.29 Å². The number of imidazole rings is 1. The maximum atomic E-state index is 11.7. The summed E-state index contributed by atoms with van der Waals surface area (Å²) in [5.74, 6) is 1.51. The number of carbonyl (C=O) groups is 1. The molecule has 4 unspecified atom stereocenters. The number of nitrogens with zero attached hydrogens (tertiary/aromatic N) is 5. The molecule has 61 heavy (non-hydrogen) atoms. The standard InChI is InChI=1S/C46H55N7O8/c1-28-7-17-36(37(19-28)49-27-54)50-43-31(4)30(3)41(24-57-21-32-9-13-34(55-5)14-10-32)60-46(43)61-45-40(53-26-48-38-20-29(2)8-18-39(38)53)23-59-42(44(45)51-52-47)25-58-22-33-11-15-35(56-6)16-12-33/h7-20,26-27,30-31,40-46,50H,21-25H2,1-6H3,(H,49,54)/t30-,31-,40?,41?,42?,43?,44-,45+,46-/m0/s1. The first-order valence-electron chi connectivity index (χ1n) is 20.6. The van der Waals surface area contributed by atoms with Gasteiger partial charge in [-0.1, -0.05) is 55.4 Å². The van der Waals surface area contributed by atoms with Crippen LogP contribution in [0, 0.1) is 25.7 Å². The Morgan fingerprint density at radius 3 is 2.13 bits per heavy atom. The summed E-state index contributed by atoms with van der Waals surface area (Å²) in [5.41, 5.74) is 17.2. The van der Waals surface area contributed by atoms with Crippen LogP contribution in [-0.2, 0) is 41.7 Å². The summed E-state index contributed by atoms with van der Waals surface area (Å²) in [4.78, 5) is 19.8. The molecule has 2 fully saturated rings. The first-order valence-corrected chi connectivity index (χ1v) is 20.6. The first kappa shape index (κ1) is 43.4. The predicted octanol–water partition coefficient (Wildman–Crippen LogP) is 8.15. The summed E-state index contributed by atoms with van der Waals surface area (Å²) in [6.45, 7) is 9.65. The summed E-state index contributed by atoms with van der Waals surface area (Å²) in [5, 5.41) is 10.9. The largest absolute Gasteiger partial charge is 0.497 e. The number of anilines is 2. The van der Waals surface area contributed by atoms with Crippen LogP contribution in [0.1, 0.15) is 42.1 Å². The Balaban J connectivity index is 1.21. The smallest absolute Gasteiger partial charge is 0.211 e. The fraction of sp³-hybridized carbons (Fsp3) is 0.435. The summed E-state index contributed by atoms with van der Waals surface area (Å²) in [7, 11) is 3.27. The topological polar surface area (TPSA) is 172 Å². The Morgan fingerprint density at radius 2 is 1.49 bits per heavy atom. The number of rotatable bonds is 18. The van der Waals surface area contributed by atoms with Crippen LogP contribution in [0.4, 0.5) is 11.4 Å². The minimum Gasteiger partial charge on any atom is -0.497 e. The number of azide groups is 1. The summed E-state index contributed by atoms with van der Waals surface area (Å²) < 4.78 is 46.0. The van der Waals surface area contributed by atoms with Gasteiger partial charge < -0.3 is 48.4 Å². The Kier molecular flexibility index (Phi) is 14.4. The van der Waals surface area contributed by atoms with E-state index in [-0.39, 0.29) is 31.2 Å². The van der Waals surface area contributed by atoms with Gasteiger partial charge in [0.2, 0.25) is 6.41 Å². The molecule has 0 spiro atoms. The number of hydrogen-bond acceptors (Lipinski definition) is 11. The maximum absolute atomic E-state index is 11.7. The van der Waals surface area contributed by atoms with Crippen LogP contribution in [0.15, 0.2) is 96.4 Å². The Labute approximate surface area is 356 Å². The maximum Gasteiger partial charge on any atom is 0.211 e. The Morgan fingerprint density at radius 1 is 0.852 bits per heavy atom. The lowest BCUT2D eigenvalue weighted by Crippen LogP contribution is -2.59. The number of aryl methyl sites for hydroxylation is 2. The second-order valence-corrected chi connectivity index (χ2v) is 15.8. The predicted molar refractivity (Wildman–Crippen MR) is 232 cm³/mol. The van der Waals surface area contributed by atoms with Crippen LogP contribution >= 0.6 is 0 Å². The number of benzene rings is 4. The molecule has 1 aromatic heterocycles. The minimum atomic E-state index is -0.883. The number of methoxy groups -OCH3 is 2. The normalized spacial score (nSPS) is 25.0. The lowest BCUT2D eigenvalue weighted by Gasteiger charge is -2.49. The molecule has 2 N–H and O–H groups in total. The average molecular weight is 834 g/mol. The van der Waals surface area contributed by atoms with Crippen molar-refractivity contribution >= 4 is 28.8 Å². The molecule has 15 nitrogen and oxygen atoms in total. The number of amides is 1. The molecule has 0 saturated carbocycles. The molecule has 15 heteroatoms. The van der Waals surface area contributed by atoms with Crippen molar-refractivity contribution in [3.05, 3.63) is 124 Å². The number of hydrogen-bond donors (Lipinski definition) is 2.